The first kappa shape index (κ1) is 25.5. The molecule has 192 valence electrons. The average molecular weight is 520 g/mol. The topological polar surface area (TPSA) is 79.7 Å². The number of anilines is 2. The van der Waals surface area contributed by atoms with Crippen molar-refractivity contribution in [3.8, 4) is 34.5 Å². The zero-order valence-electron chi connectivity index (χ0n) is 18.7. The Hall–Kier alpha value is -4.54. The van der Waals surface area contributed by atoms with Crippen LogP contribution >= 0.6 is 0 Å². The van der Waals surface area contributed by atoms with Crippen molar-refractivity contribution in [3.63, 3.8) is 0 Å². The lowest BCUT2D eigenvalue weighted by molar-refractivity contribution is -0.138. The van der Waals surface area contributed by atoms with Crippen molar-refractivity contribution in [1.82, 2.24) is 0 Å². The highest BCUT2D eigenvalue weighted by Gasteiger charge is 2.37. The number of hydrogen-bond donors (Lipinski definition) is 2. The number of halogens is 6. The second-order valence-electron chi connectivity index (χ2n) is 7.69. The summed E-state index contributed by atoms with van der Waals surface area (Å²) >= 11 is 0. The van der Waals surface area contributed by atoms with Gasteiger partial charge in [-0.2, -0.15) is 26.3 Å². The molecule has 0 heterocycles. The summed E-state index contributed by atoms with van der Waals surface area (Å²) in [7, 11) is 0. The normalized spacial score (nSPS) is 11.7. The minimum absolute atomic E-state index is 0.120. The third-order valence-electron chi connectivity index (χ3n) is 5.02. The summed E-state index contributed by atoms with van der Waals surface area (Å²) in [6.07, 6.45) is -9.39. The predicted molar refractivity (Wildman–Crippen MR) is 125 cm³/mol. The summed E-state index contributed by atoms with van der Waals surface area (Å²) in [5.74, 6) is 0.0282. The van der Waals surface area contributed by atoms with E-state index in [1.165, 1.54) is 60.7 Å². The summed E-state index contributed by atoms with van der Waals surface area (Å²) in [4.78, 5) is 0. The Morgan fingerprint density at radius 1 is 0.432 bits per heavy atom. The lowest BCUT2D eigenvalue weighted by atomic mass is 10.1. The number of rotatable bonds is 6. The molecule has 4 aromatic carbocycles. The van der Waals surface area contributed by atoms with Gasteiger partial charge in [-0.15, -0.1) is 0 Å². The first-order chi connectivity index (χ1) is 17.4. The third kappa shape index (κ3) is 6.00. The molecule has 0 aliphatic rings. The van der Waals surface area contributed by atoms with E-state index in [2.05, 4.69) is 0 Å². The van der Waals surface area contributed by atoms with Crippen molar-refractivity contribution >= 4 is 11.4 Å². The smallest absolute Gasteiger partial charge is 0.421 e. The van der Waals surface area contributed by atoms with Crippen LogP contribution in [0.15, 0.2) is 84.9 Å². The Kier molecular flexibility index (Phi) is 6.80. The molecule has 37 heavy (non-hydrogen) atoms. The molecule has 0 saturated carbocycles. The molecule has 0 amide bonds. The second kappa shape index (κ2) is 9.84. The van der Waals surface area contributed by atoms with E-state index in [0.29, 0.717) is 11.5 Å². The van der Waals surface area contributed by atoms with E-state index in [4.69, 9.17) is 25.7 Å². The zero-order valence-corrected chi connectivity index (χ0v) is 18.7. The molecule has 11 heteroatoms. The van der Waals surface area contributed by atoms with Gasteiger partial charge in [-0.3, -0.25) is 0 Å². The average Bonchev–Trinajstić information content (AvgIpc) is 2.80. The van der Waals surface area contributed by atoms with Gasteiger partial charge in [0.15, 0.2) is 0 Å². The van der Waals surface area contributed by atoms with Gasteiger partial charge in [0.25, 0.3) is 0 Å². The summed E-state index contributed by atoms with van der Waals surface area (Å²) in [6, 6.07) is 18.8. The van der Waals surface area contributed by atoms with Gasteiger partial charge in [0.1, 0.15) is 45.6 Å². The number of hydrogen-bond acceptors (Lipinski definition) is 5. The highest BCUT2D eigenvalue weighted by Crippen LogP contribution is 2.43. The molecule has 0 aliphatic carbocycles. The van der Waals surface area contributed by atoms with Crippen molar-refractivity contribution in [3.05, 3.63) is 96.1 Å². The quantitative estimate of drug-likeness (QED) is 0.198. The fourth-order valence-corrected chi connectivity index (χ4v) is 3.41. The molecule has 0 bridgehead atoms. The molecule has 4 aromatic rings. The number of alkyl halides is 6. The highest BCUT2D eigenvalue weighted by atomic mass is 19.4. The van der Waals surface area contributed by atoms with Crippen LogP contribution in [0.2, 0.25) is 0 Å². The van der Waals surface area contributed by atoms with Crippen LogP contribution in [0.4, 0.5) is 37.7 Å². The Bertz CT molecular complexity index is 1280. The molecule has 0 aliphatic heterocycles. The monoisotopic (exact) mass is 520 g/mol. The largest absolute Gasteiger partial charge is 0.457 e. The van der Waals surface area contributed by atoms with Gasteiger partial charge in [0.05, 0.1) is 0 Å². The van der Waals surface area contributed by atoms with Crippen molar-refractivity contribution in [2.75, 3.05) is 11.5 Å². The SMILES string of the molecule is Nc1cccc(Oc2ccc(Oc3ccc(Oc4cccc(N)c4C(F)(F)F)cc3)cc2)c1C(F)(F)F. The minimum atomic E-state index is -4.69. The molecular weight excluding hydrogens is 502 g/mol. The van der Waals surface area contributed by atoms with Crippen molar-refractivity contribution < 1.29 is 40.6 Å². The van der Waals surface area contributed by atoms with E-state index in [1.807, 2.05) is 0 Å². The van der Waals surface area contributed by atoms with Crippen LogP contribution in [0.3, 0.4) is 0 Å². The van der Waals surface area contributed by atoms with Crippen LogP contribution in [0.5, 0.6) is 34.5 Å². The third-order valence-corrected chi connectivity index (χ3v) is 5.02. The number of ether oxygens (including phenoxy) is 3. The first-order valence-corrected chi connectivity index (χ1v) is 10.6. The lowest BCUT2D eigenvalue weighted by Crippen LogP contribution is -2.10. The molecule has 0 aromatic heterocycles. The number of nitrogen functional groups attached to an aromatic ring is 2. The minimum Gasteiger partial charge on any atom is -0.457 e. The highest BCUT2D eigenvalue weighted by molar-refractivity contribution is 5.58. The molecule has 0 atom stereocenters. The molecule has 4 rings (SSSR count). The van der Waals surface area contributed by atoms with Crippen molar-refractivity contribution in [1.29, 1.82) is 0 Å². The van der Waals surface area contributed by atoms with E-state index in [-0.39, 0.29) is 11.5 Å². The maximum Gasteiger partial charge on any atom is 0.421 e. The predicted octanol–water partition coefficient (Wildman–Crippen LogP) is 8.27. The molecule has 0 saturated heterocycles. The molecule has 0 spiro atoms. The van der Waals surface area contributed by atoms with E-state index >= 15 is 0 Å². The second-order valence-corrected chi connectivity index (χ2v) is 7.69. The number of nitrogens with two attached hydrogens (primary N) is 2. The summed E-state index contributed by atoms with van der Waals surface area (Å²) < 4.78 is 96.3. The Morgan fingerprint density at radius 3 is 1.03 bits per heavy atom. The molecule has 0 radical (unpaired) electrons. The molecule has 0 unspecified atom stereocenters. The lowest BCUT2D eigenvalue weighted by Gasteiger charge is -2.16. The van der Waals surface area contributed by atoms with Crippen LogP contribution in [0.1, 0.15) is 11.1 Å². The van der Waals surface area contributed by atoms with E-state index in [1.54, 1.807) is 0 Å². The maximum absolute atomic E-state index is 13.3. The fraction of sp³-hybridized carbons (Fsp3) is 0.0769. The Labute approximate surface area is 206 Å². The van der Waals surface area contributed by atoms with E-state index in [9.17, 15) is 26.3 Å². The summed E-state index contributed by atoms with van der Waals surface area (Å²) in [6.45, 7) is 0. The van der Waals surface area contributed by atoms with Gasteiger partial charge in [-0.1, -0.05) is 12.1 Å². The van der Waals surface area contributed by atoms with E-state index in [0.717, 1.165) is 24.3 Å². The van der Waals surface area contributed by atoms with Gasteiger partial charge in [0, 0.05) is 11.4 Å². The Balaban J connectivity index is 1.44. The summed E-state index contributed by atoms with van der Waals surface area (Å²) in [5, 5.41) is 0. The van der Waals surface area contributed by atoms with Gasteiger partial charge >= 0.3 is 12.4 Å². The summed E-state index contributed by atoms with van der Waals surface area (Å²) in [5.41, 5.74) is 7.89. The van der Waals surface area contributed by atoms with Crippen LogP contribution < -0.4 is 25.7 Å². The maximum atomic E-state index is 13.3. The Morgan fingerprint density at radius 2 is 0.730 bits per heavy atom. The van der Waals surface area contributed by atoms with Crippen LogP contribution in [0.25, 0.3) is 0 Å². The molecule has 4 N–H and O–H groups in total. The zero-order chi connectivity index (χ0) is 26.8. The van der Waals surface area contributed by atoms with Crippen LogP contribution in [-0.4, -0.2) is 0 Å². The van der Waals surface area contributed by atoms with E-state index < -0.39 is 46.4 Å². The van der Waals surface area contributed by atoms with Gasteiger partial charge in [-0.05, 0) is 72.8 Å². The van der Waals surface area contributed by atoms with Crippen molar-refractivity contribution in [2.24, 2.45) is 0 Å². The van der Waals surface area contributed by atoms with Gasteiger partial charge < -0.3 is 25.7 Å². The van der Waals surface area contributed by atoms with Crippen LogP contribution in [-0.2, 0) is 12.4 Å². The first-order valence-electron chi connectivity index (χ1n) is 10.6. The van der Waals surface area contributed by atoms with Gasteiger partial charge in [-0.25, -0.2) is 0 Å². The standard InChI is InChI=1S/C26H18F6N2O3/c27-25(28,29)23-19(33)3-1-5-21(23)36-17-11-7-15(8-12-17)35-16-9-13-18(14-10-16)37-22-6-2-4-20(34)24(22)26(30,31)32/h1-14H,33-34H2. The fourth-order valence-electron chi connectivity index (χ4n) is 3.41. The van der Waals surface area contributed by atoms with Crippen LogP contribution in [0, 0.1) is 0 Å². The van der Waals surface area contributed by atoms with Crippen molar-refractivity contribution in [2.45, 2.75) is 12.4 Å². The van der Waals surface area contributed by atoms with Gasteiger partial charge in [0.2, 0.25) is 0 Å². The molecule has 0 fully saturated rings. The molecular formula is C26H18F6N2O3. The molecule has 5 nitrogen and oxygen atoms in total. The number of benzene rings is 4.